The lowest BCUT2D eigenvalue weighted by Crippen LogP contribution is -2.35. The number of halogens is 1. The number of amidine groups is 1. The van der Waals surface area contributed by atoms with Crippen LogP contribution in [0.1, 0.15) is 11.1 Å². The Bertz CT molecular complexity index is 993. The largest absolute Gasteiger partial charge is 0.379 e. The van der Waals surface area contributed by atoms with Crippen molar-refractivity contribution in [1.29, 1.82) is 0 Å². The number of hydrogen-bond donors (Lipinski definition) is 2. The monoisotopic (exact) mass is 453 g/mol. The minimum absolute atomic E-state index is 0.204. The maximum Gasteiger partial charge on any atom is 0.261 e. The van der Waals surface area contributed by atoms with E-state index in [2.05, 4.69) is 25.6 Å². The van der Waals surface area contributed by atoms with Gasteiger partial charge in [-0.05, 0) is 47.5 Å². The first kappa shape index (κ1) is 17.8. The fraction of sp³-hybridized carbons (Fsp3) is 0.235. The first-order valence-electron chi connectivity index (χ1n) is 7.86. The number of sulfonamides is 1. The molecule has 3 N–H and O–H groups in total. The number of ether oxygens (including phenoxy) is 1. The van der Waals surface area contributed by atoms with E-state index in [4.69, 9.17) is 10.5 Å². The second kappa shape index (κ2) is 6.56. The summed E-state index contributed by atoms with van der Waals surface area (Å²) in [5, 5.41) is 0.530. The summed E-state index contributed by atoms with van der Waals surface area (Å²) in [4.78, 5) is 4.78. The highest BCUT2D eigenvalue weighted by Crippen LogP contribution is 2.42. The molecular weight excluding hydrogens is 438 g/mol. The third-order valence-electron chi connectivity index (χ3n) is 4.37. The zero-order valence-corrected chi connectivity index (χ0v) is 16.8. The number of thioether (sulfide) groups is 1. The highest BCUT2D eigenvalue weighted by atomic mass is 79.9. The molecule has 4 rings (SSSR count). The molecule has 6 nitrogen and oxygen atoms in total. The smallest absolute Gasteiger partial charge is 0.261 e. The van der Waals surface area contributed by atoms with Gasteiger partial charge < -0.3 is 10.5 Å². The Morgan fingerprint density at radius 3 is 2.69 bits per heavy atom. The molecule has 1 unspecified atom stereocenters. The molecule has 0 aromatic heterocycles. The van der Waals surface area contributed by atoms with Gasteiger partial charge in [-0.15, -0.1) is 0 Å². The van der Waals surface area contributed by atoms with E-state index in [1.807, 2.05) is 12.1 Å². The molecule has 2 aromatic carbocycles. The Hall–Kier alpha value is -1.55. The molecule has 2 aliphatic rings. The molecule has 0 radical (unpaired) electrons. The molecule has 0 fully saturated rings. The van der Waals surface area contributed by atoms with E-state index in [-0.39, 0.29) is 4.90 Å². The molecule has 9 heteroatoms. The summed E-state index contributed by atoms with van der Waals surface area (Å²) in [6, 6.07) is 12.0. The quantitative estimate of drug-likeness (QED) is 0.744. The van der Waals surface area contributed by atoms with Gasteiger partial charge in [0, 0.05) is 15.9 Å². The van der Waals surface area contributed by atoms with Crippen LogP contribution >= 0.6 is 27.7 Å². The fourth-order valence-electron chi connectivity index (χ4n) is 3.12. The molecule has 136 valence electrons. The Morgan fingerprint density at radius 2 is 2.00 bits per heavy atom. The van der Waals surface area contributed by atoms with Crippen molar-refractivity contribution >= 4 is 48.6 Å². The predicted molar refractivity (Wildman–Crippen MR) is 107 cm³/mol. The van der Waals surface area contributed by atoms with E-state index < -0.39 is 15.6 Å². The highest BCUT2D eigenvalue weighted by Gasteiger charge is 2.41. The third kappa shape index (κ3) is 3.24. The minimum Gasteiger partial charge on any atom is -0.379 e. The summed E-state index contributed by atoms with van der Waals surface area (Å²) in [5.74, 6) is 0.689. The van der Waals surface area contributed by atoms with Crippen LogP contribution in [0.3, 0.4) is 0 Å². The van der Waals surface area contributed by atoms with Gasteiger partial charge in [0.25, 0.3) is 10.0 Å². The Labute approximate surface area is 164 Å². The van der Waals surface area contributed by atoms with Crippen molar-refractivity contribution < 1.29 is 13.2 Å². The van der Waals surface area contributed by atoms with E-state index in [0.717, 1.165) is 15.6 Å². The molecule has 0 bridgehead atoms. The summed E-state index contributed by atoms with van der Waals surface area (Å²) in [7, 11) is -3.67. The maximum atomic E-state index is 12.6. The van der Waals surface area contributed by atoms with Gasteiger partial charge in [-0.3, -0.25) is 4.72 Å². The maximum absolute atomic E-state index is 12.6. The SMILES string of the molecule is NC1=NC2(COCc3ccc(NS(=O)(=O)c4ccc(Br)cc4)cc32)CS1. The number of nitrogens with zero attached hydrogens (tertiary/aromatic N) is 1. The van der Waals surface area contributed by atoms with Crippen molar-refractivity contribution in [3.05, 3.63) is 58.1 Å². The van der Waals surface area contributed by atoms with Crippen LogP contribution in [-0.4, -0.2) is 25.9 Å². The molecule has 0 saturated heterocycles. The molecule has 2 aliphatic heterocycles. The van der Waals surface area contributed by atoms with Gasteiger partial charge in [0.1, 0.15) is 5.54 Å². The topological polar surface area (TPSA) is 93.8 Å². The minimum atomic E-state index is -3.67. The van der Waals surface area contributed by atoms with Crippen molar-refractivity contribution in [3.63, 3.8) is 0 Å². The van der Waals surface area contributed by atoms with Crippen LogP contribution in [0.4, 0.5) is 5.69 Å². The summed E-state index contributed by atoms with van der Waals surface area (Å²) < 4.78 is 34.4. The van der Waals surface area contributed by atoms with E-state index in [1.165, 1.54) is 11.8 Å². The van der Waals surface area contributed by atoms with Crippen LogP contribution < -0.4 is 10.5 Å². The van der Waals surface area contributed by atoms with Crippen LogP contribution in [0.2, 0.25) is 0 Å². The third-order valence-corrected chi connectivity index (χ3v) is 7.30. The average Bonchev–Trinajstić information content (AvgIpc) is 2.97. The molecular formula is C17H16BrN3O3S2. The number of benzene rings is 2. The summed E-state index contributed by atoms with van der Waals surface area (Å²) in [6.07, 6.45) is 0. The lowest BCUT2D eigenvalue weighted by atomic mass is 9.87. The van der Waals surface area contributed by atoms with Gasteiger partial charge in [-0.1, -0.05) is 33.8 Å². The molecule has 2 heterocycles. The number of hydrogen-bond acceptors (Lipinski definition) is 6. The summed E-state index contributed by atoms with van der Waals surface area (Å²) in [6.45, 7) is 0.924. The number of anilines is 1. The van der Waals surface area contributed by atoms with Gasteiger partial charge in [-0.25, -0.2) is 13.4 Å². The van der Waals surface area contributed by atoms with E-state index in [0.29, 0.717) is 29.8 Å². The number of rotatable bonds is 3. The standard InChI is InChI=1S/C17H16BrN3O3S2/c18-12-2-5-14(6-3-12)26(22,23)21-13-4-1-11-8-24-9-17(15(11)7-13)10-25-16(19)20-17/h1-7,21H,8-10H2,(H2,19,20). The molecule has 0 amide bonds. The normalized spacial score (nSPS) is 22.1. The van der Waals surface area contributed by atoms with Crippen LogP contribution in [0.15, 0.2) is 56.8 Å². The summed E-state index contributed by atoms with van der Waals surface area (Å²) in [5.41, 5.74) is 7.79. The van der Waals surface area contributed by atoms with Gasteiger partial charge in [0.15, 0.2) is 5.17 Å². The number of nitrogens with two attached hydrogens (primary N) is 1. The molecule has 0 saturated carbocycles. The Kier molecular flexibility index (Phi) is 4.50. The van der Waals surface area contributed by atoms with E-state index >= 15 is 0 Å². The van der Waals surface area contributed by atoms with Crippen LogP contribution in [0.25, 0.3) is 0 Å². The van der Waals surface area contributed by atoms with Gasteiger partial charge in [0.05, 0.1) is 18.1 Å². The second-order valence-electron chi connectivity index (χ2n) is 6.19. The first-order valence-corrected chi connectivity index (χ1v) is 11.1. The molecule has 2 aromatic rings. The lowest BCUT2D eigenvalue weighted by molar-refractivity contribution is 0.0634. The second-order valence-corrected chi connectivity index (χ2v) is 9.79. The highest BCUT2D eigenvalue weighted by molar-refractivity contribution is 9.10. The van der Waals surface area contributed by atoms with Crippen LogP contribution in [0.5, 0.6) is 0 Å². The number of aliphatic imine (C=N–C) groups is 1. The van der Waals surface area contributed by atoms with Crippen molar-refractivity contribution in [2.24, 2.45) is 10.7 Å². The fourth-order valence-corrected chi connectivity index (χ4v) is 5.36. The predicted octanol–water partition coefficient (Wildman–Crippen LogP) is 3.04. The van der Waals surface area contributed by atoms with Crippen LogP contribution in [0, 0.1) is 0 Å². The first-order chi connectivity index (χ1) is 12.4. The zero-order chi connectivity index (χ0) is 18.4. The average molecular weight is 454 g/mol. The van der Waals surface area contributed by atoms with Crippen molar-refractivity contribution in [3.8, 4) is 0 Å². The zero-order valence-electron chi connectivity index (χ0n) is 13.6. The lowest BCUT2D eigenvalue weighted by Gasteiger charge is -2.32. The molecule has 1 atom stereocenters. The van der Waals surface area contributed by atoms with Crippen molar-refractivity contribution in [1.82, 2.24) is 0 Å². The van der Waals surface area contributed by atoms with Crippen LogP contribution in [-0.2, 0) is 26.9 Å². The van der Waals surface area contributed by atoms with Gasteiger partial charge >= 0.3 is 0 Å². The van der Waals surface area contributed by atoms with E-state index in [1.54, 1.807) is 30.3 Å². The number of fused-ring (bicyclic) bond motifs is 2. The van der Waals surface area contributed by atoms with Gasteiger partial charge in [-0.2, -0.15) is 0 Å². The van der Waals surface area contributed by atoms with E-state index in [9.17, 15) is 8.42 Å². The summed E-state index contributed by atoms with van der Waals surface area (Å²) >= 11 is 4.80. The number of nitrogens with one attached hydrogen (secondary N) is 1. The van der Waals surface area contributed by atoms with Gasteiger partial charge in [0.2, 0.25) is 0 Å². The molecule has 0 aliphatic carbocycles. The Morgan fingerprint density at radius 1 is 1.23 bits per heavy atom. The van der Waals surface area contributed by atoms with Crippen molar-refractivity contribution in [2.75, 3.05) is 17.1 Å². The van der Waals surface area contributed by atoms with Crippen molar-refractivity contribution in [2.45, 2.75) is 17.0 Å². The Balaban J connectivity index is 1.69. The molecule has 26 heavy (non-hydrogen) atoms. The molecule has 1 spiro atoms.